The Morgan fingerprint density at radius 2 is 1.84 bits per heavy atom. The standard InChI is InChI=1S/C24H19N5O2S/c1-16-8-10-18(11-9-16)22-27-21(31-28-22)15-32-24-26-20-7-3-2-6-19(20)23(30)29(24)14-17-5-4-12-25-13-17/h2-13H,14-15H2,1H3. The minimum Gasteiger partial charge on any atom is -0.338 e. The van der Waals surface area contributed by atoms with Crippen LogP contribution in [0, 0.1) is 6.92 Å². The molecule has 0 radical (unpaired) electrons. The minimum atomic E-state index is -0.0900. The lowest BCUT2D eigenvalue weighted by Crippen LogP contribution is -2.24. The molecule has 32 heavy (non-hydrogen) atoms. The number of hydrogen-bond acceptors (Lipinski definition) is 7. The van der Waals surface area contributed by atoms with Gasteiger partial charge in [0.1, 0.15) is 0 Å². The fraction of sp³-hybridized carbons (Fsp3) is 0.125. The second-order valence-corrected chi connectivity index (χ2v) is 8.27. The van der Waals surface area contributed by atoms with E-state index < -0.39 is 0 Å². The molecule has 0 amide bonds. The van der Waals surface area contributed by atoms with Gasteiger partial charge in [-0.3, -0.25) is 14.3 Å². The monoisotopic (exact) mass is 441 g/mol. The van der Waals surface area contributed by atoms with E-state index >= 15 is 0 Å². The summed E-state index contributed by atoms with van der Waals surface area (Å²) < 4.78 is 7.11. The molecule has 158 valence electrons. The molecule has 0 N–H and O–H groups in total. The van der Waals surface area contributed by atoms with Crippen molar-refractivity contribution >= 4 is 22.7 Å². The highest BCUT2D eigenvalue weighted by molar-refractivity contribution is 7.98. The molecule has 3 heterocycles. The summed E-state index contributed by atoms with van der Waals surface area (Å²) in [4.78, 5) is 26.6. The molecule has 8 heteroatoms. The fourth-order valence-electron chi connectivity index (χ4n) is 3.33. The summed E-state index contributed by atoms with van der Waals surface area (Å²) in [5, 5.41) is 5.26. The zero-order valence-electron chi connectivity index (χ0n) is 17.3. The van der Waals surface area contributed by atoms with Crippen molar-refractivity contribution in [2.45, 2.75) is 24.4 Å². The van der Waals surface area contributed by atoms with E-state index in [1.54, 1.807) is 23.0 Å². The van der Waals surface area contributed by atoms with Gasteiger partial charge in [0.2, 0.25) is 11.7 Å². The predicted octanol–water partition coefficient (Wildman–Crippen LogP) is 4.49. The number of aromatic nitrogens is 5. The second kappa shape index (κ2) is 8.76. The van der Waals surface area contributed by atoms with Crippen LogP contribution in [0.3, 0.4) is 0 Å². The van der Waals surface area contributed by atoms with Crippen LogP contribution in [-0.4, -0.2) is 24.7 Å². The van der Waals surface area contributed by atoms with Crippen LogP contribution < -0.4 is 5.56 Å². The van der Waals surface area contributed by atoms with Gasteiger partial charge in [-0.1, -0.05) is 64.9 Å². The summed E-state index contributed by atoms with van der Waals surface area (Å²) in [5.41, 5.74) is 3.56. The van der Waals surface area contributed by atoms with Crippen molar-refractivity contribution in [2.75, 3.05) is 0 Å². The molecular weight excluding hydrogens is 422 g/mol. The first-order valence-electron chi connectivity index (χ1n) is 10.1. The van der Waals surface area contributed by atoms with Crippen LogP contribution in [0.25, 0.3) is 22.3 Å². The highest BCUT2D eigenvalue weighted by Crippen LogP contribution is 2.24. The number of nitrogens with zero attached hydrogens (tertiary/aromatic N) is 5. The number of thioether (sulfide) groups is 1. The topological polar surface area (TPSA) is 86.7 Å². The maximum Gasteiger partial charge on any atom is 0.262 e. The molecule has 5 rings (SSSR count). The smallest absolute Gasteiger partial charge is 0.262 e. The van der Waals surface area contributed by atoms with E-state index in [9.17, 15) is 4.79 Å². The fourth-order valence-corrected chi connectivity index (χ4v) is 4.17. The van der Waals surface area contributed by atoms with Crippen molar-refractivity contribution in [1.29, 1.82) is 0 Å². The lowest BCUT2D eigenvalue weighted by Gasteiger charge is -2.12. The largest absolute Gasteiger partial charge is 0.338 e. The van der Waals surface area contributed by atoms with Gasteiger partial charge in [0.15, 0.2) is 5.16 Å². The molecule has 0 saturated carbocycles. The summed E-state index contributed by atoms with van der Waals surface area (Å²) >= 11 is 1.39. The van der Waals surface area contributed by atoms with Crippen molar-refractivity contribution in [3.63, 3.8) is 0 Å². The lowest BCUT2D eigenvalue weighted by atomic mass is 10.1. The average molecular weight is 442 g/mol. The van der Waals surface area contributed by atoms with Gasteiger partial charge in [0, 0.05) is 18.0 Å². The van der Waals surface area contributed by atoms with Crippen LogP contribution in [0.2, 0.25) is 0 Å². The molecule has 0 aliphatic heterocycles. The Bertz CT molecular complexity index is 1430. The Labute approximate surface area is 188 Å². The third-order valence-corrected chi connectivity index (χ3v) is 5.95. The molecule has 2 aromatic carbocycles. The summed E-state index contributed by atoms with van der Waals surface area (Å²) in [6, 6.07) is 19.1. The van der Waals surface area contributed by atoms with E-state index in [-0.39, 0.29) is 5.56 Å². The van der Waals surface area contributed by atoms with Gasteiger partial charge in [-0.25, -0.2) is 4.98 Å². The summed E-state index contributed by atoms with van der Waals surface area (Å²) in [7, 11) is 0. The Kier molecular flexibility index (Phi) is 5.51. The maximum atomic E-state index is 13.2. The number of aryl methyl sites for hydroxylation is 1. The van der Waals surface area contributed by atoms with E-state index in [4.69, 9.17) is 9.51 Å². The van der Waals surface area contributed by atoms with Gasteiger partial charge in [-0.15, -0.1) is 0 Å². The number of pyridine rings is 1. The highest BCUT2D eigenvalue weighted by Gasteiger charge is 2.15. The zero-order valence-corrected chi connectivity index (χ0v) is 18.1. The molecule has 0 atom stereocenters. The Morgan fingerprint density at radius 3 is 2.66 bits per heavy atom. The van der Waals surface area contributed by atoms with E-state index in [0.717, 1.165) is 11.1 Å². The SMILES string of the molecule is Cc1ccc(-c2noc(CSc3nc4ccccc4c(=O)n3Cc3cccnc3)n2)cc1. The number of benzene rings is 2. The van der Waals surface area contributed by atoms with Crippen molar-refractivity contribution < 1.29 is 4.52 Å². The molecule has 0 unspecified atom stereocenters. The quantitative estimate of drug-likeness (QED) is 0.283. The molecule has 3 aromatic heterocycles. The molecular formula is C24H19N5O2S. The van der Waals surface area contributed by atoms with Crippen LogP contribution in [0.15, 0.2) is 87.5 Å². The Balaban J connectivity index is 1.45. The molecule has 5 aromatic rings. The Morgan fingerprint density at radius 1 is 1.00 bits per heavy atom. The van der Waals surface area contributed by atoms with Gasteiger partial charge < -0.3 is 4.52 Å². The molecule has 0 aliphatic carbocycles. The first-order chi connectivity index (χ1) is 15.7. The van der Waals surface area contributed by atoms with Crippen LogP contribution >= 0.6 is 11.8 Å². The van der Waals surface area contributed by atoms with Crippen molar-refractivity contribution in [3.05, 3.63) is 100 Å². The molecule has 0 spiro atoms. The van der Waals surface area contributed by atoms with E-state index in [2.05, 4.69) is 15.1 Å². The van der Waals surface area contributed by atoms with Crippen LogP contribution in [0.1, 0.15) is 17.0 Å². The number of fused-ring (bicyclic) bond motifs is 1. The molecule has 7 nitrogen and oxygen atoms in total. The van der Waals surface area contributed by atoms with Crippen molar-refractivity contribution in [1.82, 2.24) is 24.7 Å². The third kappa shape index (κ3) is 4.17. The van der Waals surface area contributed by atoms with Gasteiger partial charge in [0.25, 0.3) is 5.56 Å². The molecule has 0 aliphatic rings. The van der Waals surface area contributed by atoms with Crippen molar-refractivity contribution in [2.24, 2.45) is 0 Å². The van der Waals surface area contributed by atoms with Gasteiger partial charge in [0.05, 0.1) is 23.2 Å². The summed E-state index contributed by atoms with van der Waals surface area (Å²) in [5.74, 6) is 1.41. The highest BCUT2D eigenvalue weighted by atomic mass is 32.2. The van der Waals surface area contributed by atoms with Crippen molar-refractivity contribution in [3.8, 4) is 11.4 Å². The molecule has 0 fully saturated rings. The summed E-state index contributed by atoms with van der Waals surface area (Å²) in [6.07, 6.45) is 3.46. The first kappa shape index (κ1) is 20.1. The van der Waals surface area contributed by atoms with E-state index in [1.807, 2.05) is 61.5 Å². The van der Waals surface area contributed by atoms with E-state index in [1.165, 1.54) is 17.3 Å². The van der Waals surface area contributed by atoms with Gasteiger partial charge in [-0.2, -0.15) is 4.98 Å². The summed E-state index contributed by atoms with van der Waals surface area (Å²) in [6.45, 7) is 2.41. The number of rotatable bonds is 6. The molecule has 0 saturated heterocycles. The zero-order chi connectivity index (χ0) is 21.9. The maximum absolute atomic E-state index is 13.2. The number of hydrogen-bond donors (Lipinski definition) is 0. The average Bonchev–Trinajstić information content (AvgIpc) is 3.30. The normalized spacial score (nSPS) is 11.2. The number of para-hydroxylation sites is 1. The van der Waals surface area contributed by atoms with Crippen LogP contribution in [0.5, 0.6) is 0 Å². The lowest BCUT2D eigenvalue weighted by molar-refractivity contribution is 0.391. The molecule has 0 bridgehead atoms. The second-order valence-electron chi connectivity index (χ2n) is 7.33. The minimum absolute atomic E-state index is 0.0900. The van der Waals surface area contributed by atoms with Crippen LogP contribution in [-0.2, 0) is 12.3 Å². The van der Waals surface area contributed by atoms with Gasteiger partial charge >= 0.3 is 0 Å². The third-order valence-electron chi connectivity index (χ3n) is 4.99. The first-order valence-corrected chi connectivity index (χ1v) is 11.1. The predicted molar refractivity (Wildman–Crippen MR) is 123 cm³/mol. The van der Waals surface area contributed by atoms with E-state index in [0.29, 0.717) is 40.1 Å². The van der Waals surface area contributed by atoms with Gasteiger partial charge in [-0.05, 0) is 30.7 Å². The Hall–Kier alpha value is -3.78. The van der Waals surface area contributed by atoms with Crippen LogP contribution in [0.4, 0.5) is 0 Å².